The van der Waals surface area contributed by atoms with E-state index in [-0.39, 0.29) is 0 Å². The Morgan fingerprint density at radius 2 is 2.26 bits per heavy atom. The lowest BCUT2D eigenvalue weighted by Crippen LogP contribution is -2.30. The molecule has 0 radical (unpaired) electrons. The molecule has 0 aromatic carbocycles. The molecule has 0 aliphatic carbocycles. The van der Waals surface area contributed by atoms with Crippen LogP contribution < -0.4 is 5.73 Å². The van der Waals surface area contributed by atoms with E-state index in [0.29, 0.717) is 16.9 Å². The number of nitrogen functional groups attached to an aromatic ring is 1. The van der Waals surface area contributed by atoms with Crippen LogP contribution in [0.25, 0.3) is 11.2 Å². The van der Waals surface area contributed by atoms with Crippen molar-refractivity contribution in [3.63, 3.8) is 0 Å². The van der Waals surface area contributed by atoms with Crippen molar-refractivity contribution >= 4 is 16.9 Å². The number of nitrogens with zero attached hydrogens (tertiary/aromatic N) is 3. The molecule has 7 nitrogen and oxygen atoms in total. The fraction of sp³-hybridized carbons (Fsp3) is 0.455. The summed E-state index contributed by atoms with van der Waals surface area (Å²) < 4.78 is 20.7. The summed E-state index contributed by atoms with van der Waals surface area (Å²) in [6, 6.07) is 1.59. The summed E-state index contributed by atoms with van der Waals surface area (Å²) in [6.45, 7) is -0.458. The molecule has 2 aromatic heterocycles. The lowest BCUT2D eigenvalue weighted by Gasteiger charge is -2.14. The summed E-state index contributed by atoms with van der Waals surface area (Å²) in [7, 11) is 0. The maximum atomic E-state index is 14.0. The van der Waals surface area contributed by atoms with E-state index in [0.717, 1.165) is 0 Å². The van der Waals surface area contributed by atoms with E-state index >= 15 is 0 Å². The number of pyridine rings is 1. The lowest BCUT2D eigenvalue weighted by atomic mass is 10.1. The highest BCUT2D eigenvalue weighted by Crippen LogP contribution is 2.33. The van der Waals surface area contributed by atoms with Crippen LogP contribution in [0, 0.1) is 0 Å². The van der Waals surface area contributed by atoms with Crippen molar-refractivity contribution in [3.8, 4) is 0 Å². The molecule has 4 atom stereocenters. The first kappa shape index (κ1) is 12.3. The number of fused-ring (bicyclic) bond motifs is 1. The summed E-state index contributed by atoms with van der Waals surface area (Å²) in [4.78, 5) is 8.14. The molecule has 1 aliphatic heterocycles. The number of anilines is 1. The van der Waals surface area contributed by atoms with Crippen LogP contribution in [0.5, 0.6) is 0 Å². The van der Waals surface area contributed by atoms with Gasteiger partial charge in [-0.3, -0.25) is 4.57 Å². The maximum absolute atomic E-state index is 14.0. The summed E-state index contributed by atoms with van der Waals surface area (Å²) in [5, 5.41) is 18.6. The van der Waals surface area contributed by atoms with Gasteiger partial charge in [0.15, 0.2) is 18.0 Å². The van der Waals surface area contributed by atoms with Crippen LogP contribution in [-0.2, 0) is 4.74 Å². The van der Waals surface area contributed by atoms with Gasteiger partial charge in [0.25, 0.3) is 0 Å². The first-order chi connectivity index (χ1) is 9.13. The highest BCUT2D eigenvalue weighted by molar-refractivity contribution is 5.83. The van der Waals surface area contributed by atoms with Gasteiger partial charge in [0, 0.05) is 6.20 Å². The molecule has 19 heavy (non-hydrogen) atoms. The van der Waals surface area contributed by atoms with Gasteiger partial charge < -0.3 is 20.7 Å². The van der Waals surface area contributed by atoms with Crippen molar-refractivity contribution in [2.24, 2.45) is 0 Å². The molecule has 0 saturated carbocycles. The Hall–Kier alpha value is -1.77. The average molecular weight is 268 g/mol. The maximum Gasteiger partial charge on any atom is 0.173 e. The van der Waals surface area contributed by atoms with E-state index in [1.165, 1.54) is 17.1 Å². The summed E-state index contributed by atoms with van der Waals surface area (Å²) >= 11 is 0. The van der Waals surface area contributed by atoms with Crippen molar-refractivity contribution in [3.05, 3.63) is 18.6 Å². The molecule has 1 aliphatic rings. The summed E-state index contributed by atoms with van der Waals surface area (Å²) in [5.41, 5.74) is 6.99. The molecule has 0 amide bonds. The fourth-order valence-corrected chi connectivity index (χ4v) is 2.22. The molecule has 4 N–H and O–H groups in total. The molecule has 8 heteroatoms. The number of aliphatic hydroxyl groups excluding tert-OH is 2. The highest BCUT2D eigenvalue weighted by atomic mass is 19.1. The molecule has 1 saturated heterocycles. The second-order valence-electron chi connectivity index (χ2n) is 4.41. The molecule has 0 spiro atoms. The third-order valence-electron chi connectivity index (χ3n) is 3.24. The van der Waals surface area contributed by atoms with Gasteiger partial charge in [-0.05, 0) is 6.07 Å². The SMILES string of the molecule is Nc1ccnc2c1ncn2[C@@H]1O[C@H](CO)[C@H](O)C1F. The second-order valence-corrected chi connectivity index (χ2v) is 4.41. The number of aromatic nitrogens is 3. The topological polar surface area (TPSA) is 106 Å². The van der Waals surface area contributed by atoms with Crippen LogP contribution in [0.2, 0.25) is 0 Å². The minimum Gasteiger partial charge on any atom is -0.397 e. The number of imidazole rings is 1. The van der Waals surface area contributed by atoms with Gasteiger partial charge in [-0.25, -0.2) is 14.4 Å². The van der Waals surface area contributed by atoms with E-state index in [1.54, 1.807) is 6.07 Å². The van der Waals surface area contributed by atoms with Crippen molar-refractivity contribution in [2.45, 2.75) is 24.6 Å². The van der Waals surface area contributed by atoms with E-state index in [9.17, 15) is 9.50 Å². The van der Waals surface area contributed by atoms with Gasteiger partial charge in [-0.2, -0.15) is 0 Å². The number of aliphatic hydroxyl groups is 2. The molecule has 1 unspecified atom stereocenters. The monoisotopic (exact) mass is 268 g/mol. The fourth-order valence-electron chi connectivity index (χ4n) is 2.22. The molecule has 0 bridgehead atoms. The van der Waals surface area contributed by atoms with Gasteiger partial charge in [0.2, 0.25) is 0 Å². The zero-order valence-electron chi connectivity index (χ0n) is 9.85. The quantitative estimate of drug-likeness (QED) is 0.684. The predicted octanol–water partition coefficient (Wildman–Crippen LogP) is -0.398. The number of ether oxygens (including phenoxy) is 1. The molecule has 3 rings (SSSR count). The average Bonchev–Trinajstić information content (AvgIpc) is 2.94. The zero-order chi connectivity index (χ0) is 13.6. The number of nitrogens with two attached hydrogens (primary N) is 1. The Morgan fingerprint density at radius 3 is 2.95 bits per heavy atom. The van der Waals surface area contributed by atoms with Crippen LogP contribution in [-0.4, -0.2) is 49.7 Å². The standard InChI is InChI=1S/C11H13FN4O3/c12-7-9(18)6(3-17)19-11(7)16-4-15-8-5(13)1-2-14-10(8)16/h1-2,4,6-7,9,11,17-18H,3H2,(H2,13,14)/t6-,7?,9+,11-/m1/s1. The second kappa shape index (κ2) is 4.41. The Balaban J connectivity index is 2.04. The van der Waals surface area contributed by atoms with Crippen molar-refractivity contribution < 1.29 is 19.3 Å². The van der Waals surface area contributed by atoms with E-state index < -0.39 is 31.2 Å². The molecule has 3 heterocycles. The molecular formula is C11H13FN4O3. The van der Waals surface area contributed by atoms with Crippen molar-refractivity contribution in [2.75, 3.05) is 12.3 Å². The van der Waals surface area contributed by atoms with Crippen molar-refractivity contribution in [1.29, 1.82) is 0 Å². The zero-order valence-corrected chi connectivity index (χ0v) is 9.85. The highest BCUT2D eigenvalue weighted by Gasteiger charge is 2.45. The van der Waals surface area contributed by atoms with E-state index in [4.69, 9.17) is 15.6 Å². The van der Waals surface area contributed by atoms with Gasteiger partial charge in [-0.15, -0.1) is 0 Å². The van der Waals surface area contributed by atoms with Crippen molar-refractivity contribution in [1.82, 2.24) is 14.5 Å². The van der Waals surface area contributed by atoms with Crippen LogP contribution in [0.4, 0.5) is 10.1 Å². The third kappa shape index (κ3) is 1.76. The molecule has 2 aromatic rings. The predicted molar refractivity (Wildman–Crippen MR) is 63.8 cm³/mol. The molecule has 1 fully saturated rings. The van der Waals surface area contributed by atoms with Gasteiger partial charge in [-0.1, -0.05) is 0 Å². The first-order valence-electron chi connectivity index (χ1n) is 5.79. The van der Waals surface area contributed by atoms with Crippen LogP contribution in [0.3, 0.4) is 0 Å². The smallest absolute Gasteiger partial charge is 0.173 e. The van der Waals surface area contributed by atoms with Gasteiger partial charge in [0.1, 0.15) is 17.7 Å². The first-order valence-corrected chi connectivity index (χ1v) is 5.79. The number of hydrogen-bond donors (Lipinski definition) is 3. The minimum absolute atomic E-state index is 0.374. The van der Waals surface area contributed by atoms with E-state index in [2.05, 4.69) is 9.97 Å². The Morgan fingerprint density at radius 1 is 1.47 bits per heavy atom. The third-order valence-corrected chi connectivity index (χ3v) is 3.24. The van der Waals surface area contributed by atoms with Gasteiger partial charge in [0.05, 0.1) is 18.6 Å². The minimum atomic E-state index is -1.67. The van der Waals surface area contributed by atoms with Gasteiger partial charge >= 0.3 is 0 Å². The number of alkyl halides is 1. The van der Waals surface area contributed by atoms with Crippen LogP contribution in [0.1, 0.15) is 6.23 Å². The molecule has 102 valence electrons. The molecular weight excluding hydrogens is 255 g/mol. The van der Waals surface area contributed by atoms with E-state index in [1.807, 2.05) is 0 Å². The number of hydrogen-bond acceptors (Lipinski definition) is 6. The lowest BCUT2D eigenvalue weighted by molar-refractivity contribution is -0.0459. The van der Waals surface area contributed by atoms with Crippen LogP contribution in [0.15, 0.2) is 18.6 Å². The summed E-state index contributed by atoms with van der Waals surface area (Å²) in [6.07, 6.45) is -2.24. The summed E-state index contributed by atoms with van der Waals surface area (Å²) in [5.74, 6) is 0. The Labute approximate surface area is 107 Å². The number of halogens is 1. The number of rotatable bonds is 2. The largest absolute Gasteiger partial charge is 0.397 e. The Kier molecular flexibility index (Phi) is 2.85. The normalized spacial score (nSPS) is 31.1. The Bertz CT molecular complexity index is 605. The van der Waals surface area contributed by atoms with Crippen LogP contribution >= 0.6 is 0 Å².